The number of nitrogens with zero attached hydrogens (tertiary/aromatic N) is 1. The molecule has 0 aromatic heterocycles. The number of hydrogen-bond acceptors (Lipinski definition) is 6. The normalized spacial score (nSPS) is 17.8. The molecule has 2 saturated heterocycles. The van der Waals surface area contributed by atoms with E-state index in [0.29, 0.717) is 29.9 Å². The minimum absolute atomic E-state index is 0.000970. The molecule has 0 aliphatic carbocycles. The van der Waals surface area contributed by atoms with Gasteiger partial charge in [-0.2, -0.15) is 0 Å². The quantitative estimate of drug-likeness (QED) is 0.473. The van der Waals surface area contributed by atoms with Crippen molar-refractivity contribution < 1.29 is 19.0 Å². The van der Waals surface area contributed by atoms with Gasteiger partial charge in [0.05, 0.1) is 35.8 Å². The van der Waals surface area contributed by atoms with Crippen molar-refractivity contribution in [2.45, 2.75) is 35.8 Å². The standard InChI is InChI=1S/C23H25Cl2NO4S/c1-2-28-22(27)15-8-10-26(11-9-15)16-4-3-5-17(14-16)31-19-7-6-18(20(24)21(19)25)23-29-12-13-30-23/h3-7,14-15,23H,2,8-13H2,1H3. The summed E-state index contributed by atoms with van der Waals surface area (Å²) in [6.07, 6.45) is 1.17. The third kappa shape index (κ3) is 5.32. The van der Waals surface area contributed by atoms with Crippen molar-refractivity contribution in [3.05, 3.63) is 52.0 Å². The van der Waals surface area contributed by atoms with Crippen LogP contribution in [-0.4, -0.2) is 38.9 Å². The second-order valence-corrected chi connectivity index (χ2v) is 9.34. The van der Waals surface area contributed by atoms with Crippen LogP contribution in [0.3, 0.4) is 0 Å². The summed E-state index contributed by atoms with van der Waals surface area (Å²) in [5.41, 5.74) is 1.89. The van der Waals surface area contributed by atoms with Crippen LogP contribution in [0.4, 0.5) is 5.69 Å². The zero-order chi connectivity index (χ0) is 21.8. The lowest BCUT2D eigenvalue weighted by Crippen LogP contribution is -2.36. The van der Waals surface area contributed by atoms with E-state index in [1.54, 1.807) is 11.8 Å². The molecule has 166 valence electrons. The van der Waals surface area contributed by atoms with Crippen LogP contribution in [0.1, 0.15) is 31.6 Å². The van der Waals surface area contributed by atoms with Gasteiger partial charge in [0, 0.05) is 34.1 Å². The Morgan fingerprint density at radius 1 is 1.13 bits per heavy atom. The first-order valence-electron chi connectivity index (χ1n) is 10.5. The molecule has 8 heteroatoms. The summed E-state index contributed by atoms with van der Waals surface area (Å²) in [6.45, 7) is 5.06. The summed E-state index contributed by atoms with van der Waals surface area (Å²) in [7, 11) is 0. The van der Waals surface area contributed by atoms with Crippen molar-refractivity contribution in [1.82, 2.24) is 0 Å². The van der Waals surface area contributed by atoms with E-state index in [1.807, 2.05) is 25.1 Å². The molecular weight excluding hydrogens is 457 g/mol. The molecule has 5 nitrogen and oxygen atoms in total. The number of esters is 1. The van der Waals surface area contributed by atoms with Crippen molar-refractivity contribution in [2.75, 3.05) is 37.8 Å². The lowest BCUT2D eigenvalue weighted by atomic mass is 9.96. The minimum atomic E-state index is -0.454. The number of piperidine rings is 1. The van der Waals surface area contributed by atoms with Crippen molar-refractivity contribution in [2.24, 2.45) is 5.92 Å². The van der Waals surface area contributed by atoms with Crippen LogP contribution in [0.15, 0.2) is 46.2 Å². The highest BCUT2D eigenvalue weighted by molar-refractivity contribution is 7.99. The van der Waals surface area contributed by atoms with Crippen LogP contribution in [0.2, 0.25) is 10.0 Å². The predicted molar refractivity (Wildman–Crippen MR) is 123 cm³/mol. The molecule has 2 aromatic carbocycles. The van der Waals surface area contributed by atoms with Crippen LogP contribution in [0, 0.1) is 5.92 Å². The van der Waals surface area contributed by atoms with Gasteiger partial charge in [-0.1, -0.05) is 47.1 Å². The monoisotopic (exact) mass is 481 g/mol. The highest BCUT2D eigenvalue weighted by atomic mass is 35.5. The maximum atomic E-state index is 12.0. The average molecular weight is 482 g/mol. The molecule has 2 heterocycles. The van der Waals surface area contributed by atoms with Gasteiger partial charge in [-0.15, -0.1) is 0 Å². The number of carbonyl (C=O) groups excluding carboxylic acids is 1. The van der Waals surface area contributed by atoms with Gasteiger partial charge in [0.1, 0.15) is 0 Å². The number of hydrogen-bond donors (Lipinski definition) is 0. The molecule has 0 unspecified atom stereocenters. The lowest BCUT2D eigenvalue weighted by Gasteiger charge is -2.32. The Balaban J connectivity index is 1.43. The first-order chi connectivity index (χ1) is 15.1. The number of anilines is 1. The highest BCUT2D eigenvalue weighted by Gasteiger charge is 2.26. The summed E-state index contributed by atoms with van der Waals surface area (Å²) in [5.74, 6) is -0.0733. The van der Waals surface area contributed by atoms with Gasteiger partial charge in [0.2, 0.25) is 0 Å². The molecule has 2 aliphatic rings. The van der Waals surface area contributed by atoms with E-state index < -0.39 is 6.29 Å². The molecule has 0 N–H and O–H groups in total. The topological polar surface area (TPSA) is 48.0 Å². The molecule has 0 spiro atoms. The summed E-state index contributed by atoms with van der Waals surface area (Å²) in [6, 6.07) is 12.2. The fourth-order valence-corrected chi connectivity index (χ4v) is 5.36. The number of rotatable bonds is 6. The predicted octanol–water partition coefficient (Wildman–Crippen LogP) is 5.97. The average Bonchev–Trinajstić information content (AvgIpc) is 3.32. The van der Waals surface area contributed by atoms with Gasteiger partial charge in [0.15, 0.2) is 6.29 Å². The Hall–Kier alpha value is -1.44. The molecule has 0 radical (unpaired) electrons. The van der Waals surface area contributed by atoms with E-state index in [9.17, 15) is 4.79 Å². The van der Waals surface area contributed by atoms with Crippen molar-refractivity contribution in [1.29, 1.82) is 0 Å². The van der Waals surface area contributed by atoms with E-state index in [1.165, 1.54) is 0 Å². The van der Waals surface area contributed by atoms with Crippen LogP contribution < -0.4 is 4.90 Å². The third-order valence-corrected chi connectivity index (χ3v) is 7.54. The Bertz CT molecular complexity index is 928. The fraction of sp³-hybridized carbons (Fsp3) is 0.435. The summed E-state index contributed by atoms with van der Waals surface area (Å²) < 4.78 is 16.3. The highest BCUT2D eigenvalue weighted by Crippen LogP contribution is 2.42. The molecule has 2 aromatic rings. The number of benzene rings is 2. The van der Waals surface area contributed by atoms with Gasteiger partial charge in [0.25, 0.3) is 0 Å². The molecule has 0 atom stereocenters. The van der Waals surface area contributed by atoms with E-state index in [0.717, 1.165) is 47.0 Å². The summed E-state index contributed by atoms with van der Waals surface area (Å²) in [5, 5.41) is 0.972. The maximum Gasteiger partial charge on any atom is 0.309 e. The summed E-state index contributed by atoms with van der Waals surface area (Å²) >= 11 is 14.6. The fourth-order valence-electron chi connectivity index (χ4n) is 3.85. The summed E-state index contributed by atoms with van der Waals surface area (Å²) in [4.78, 5) is 16.2. The van der Waals surface area contributed by atoms with Crippen LogP contribution in [0.25, 0.3) is 0 Å². The van der Waals surface area contributed by atoms with Crippen molar-refractivity contribution >= 4 is 46.6 Å². The van der Waals surface area contributed by atoms with Crippen molar-refractivity contribution in [3.63, 3.8) is 0 Å². The third-order valence-electron chi connectivity index (χ3n) is 5.48. The second-order valence-electron chi connectivity index (χ2n) is 7.47. The Morgan fingerprint density at radius 2 is 1.87 bits per heavy atom. The number of halogens is 2. The van der Waals surface area contributed by atoms with Crippen molar-refractivity contribution in [3.8, 4) is 0 Å². The Morgan fingerprint density at radius 3 is 2.58 bits per heavy atom. The number of carbonyl (C=O) groups is 1. The zero-order valence-electron chi connectivity index (χ0n) is 17.3. The zero-order valence-corrected chi connectivity index (χ0v) is 19.6. The van der Waals surface area contributed by atoms with Gasteiger partial charge < -0.3 is 19.1 Å². The molecule has 2 fully saturated rings. The SMILES string of the molecule is CCOC(=O)C1CCN(c2cccc(Sc3ccc(C4OCCO4)c(Cl)c3Cl)c2)CC1. The molecule has 2 aliphatic heterocycles. The molecule has 0 bridgehead atoms. The second kappa shape index (κ2) is 10.5. The smallest absolute Gasteiger partial charge is 0.309 e. The van der Waals surface area contributed by atoms with Crippen LogP contribution in [0.5, 0.6) is 0 Å². The van der Waals surface area contributed by atoms with E-state index in [2.05, 4.69) is 23.1 Å². The first kappa shape index (κ1) is 22.7. The van der Waals surface area contributed by atoms with Crippen LogP contribution >= 0.6 is 35.0 Å². The van der Waals surface area contributed by atoms with Gasteiger partial charge in [-0.05, 0) is 44.0 Å². The Kier molecular flexibility index (Phi) is 7.67. The maximum absolute atomic E-state index is 12.0. The van der Waals surface area contributed by atoms with Gasteiger partial charge >= 0.3 is 5.97 Å². The van der Waals surface area contributed by atoms with Crippen LogP contribution in [-0.2, 0) is 19.0 Å². The van der Waals surface area contributed by atoms with Gasteiger partial charge in [-0.3, -0.25) is 4.79 Å². The molecule has 0 amide bonds. The van der Waals surface area contributed by atoms with Gasteiger partial charge in [-0.25, -0.2) is 0 Å². The number of ether oxygens (including phenoxy) is 3. The van der Waals surface area contributed by atoms with E-state index in [-0.39, 0.29) is 11.9 Å². The molecule has 0 saturated carbocycles. The largest absolute Gasteiger partial charge is 0.466 e. The van der Waals surface area contributed by atoms with E-state index >= 15 is 0 Å². The Labute approximate surface area is 196 Å². The van der Waals surface area contributed by atoms with E-state index in [4.69, 9.17) is 37.4 Å². The lowest BCUT2D eigenvalue weighted by molar-refractivity contribution is -0.148. The molecule has 4 rings (SSSR count). The molecular formula is C23H25Cl2NO4S. The molecule has 31 heavy (non-hydrogen) atoms. The first-order valence-corrected chi connectivity index (χ1v) is 12.0. The minimum Gasteiger partial charge on any atom is -0.466 e.